The molecule has 0 atom stereocenters. The summed E-state index contributed by atoms with van der Waals surface area (Å²) in [7, 11) is 1.84. The number of anilines is 1. The van der Waals surface area contributed by atoms with Gasteiger partial charge in [-0.1, -0.05) is 40.2 Å². The van der Waals surface area contributed by atoms with E-state index in [-0.39, 0.29) is 0 Å². The molecule has 100 valence electrons. The number of nitrogens with zero attached hydrogens (tertiary/aromatic N) is 3. The zero-order chi connectivity index (χ0) is 14.1. The van der Waals surface area contributed by atoms with E-state index in [0.717, 1.165) is 27.0 Å². The van der Waals surface area contributed by atoms with Crippen LogP contribution in [0.1, 0.15) is 0 Å². The molecule has 5 heteroatoms. The van der Waals surface area contributed by atoms with Gasteiger partial charge in [0.05, 0.1) is 11.3 Å². The standard InChI is InChI=1S/C15H13BrN4/c1-20-15(17)13(10-6-2-3-7-11(10)16)14(19-20)12-8-4-5-9-18-12/h2-9H,17H2,1H3. The zero-order valence-electron chi connectivity index (χ0n) is 10.9. The maximum atomic E-state index is 6.19. The van der Waals surface area contributed by atoms with Crippen molar-refractivity contribution in [3.05, 3.63) is 53.1 Å². The van der Waals surface area contributed by atoms with Crippen molar-refractivity contribution in [1.82, 2.24) is 14.8 Å². The quantitative estimate of drug-likeness (QED) is 0.783. The number of pyridine rings is 1. The fourth-order valence-electron chi connectivity index (χ4n) is 2.15. The molecule has 3 rings (SSSR count). The molecule has 2 aromatic heterocycles. The van der Waals surface area contributed by atoms with Gasteiger partial charge in [0.1, 0.15) is 11.5 Å². The minimum atomic E-state index is 0.623. The number of aromatic nitrogens is 3. The van der Waals surface area contributed by atoms with Crippen LogP contribution in [0.4, 0.5) is 5.82 Å². The van der Waals surface area contributed by atoms with Crippen LogP contribution in [0.3, 0.4) is 0 Å². The Morgan fingerprint density at radius 2 is 1.85 bits per heavy atom. The molecule has 0 spiro atoms. The third kappa shape index (κ3) is 2.10. The fourth-order valence-corrected chi connectivity index (χ4v) is 2.63. The number of halogens is 1. The Kier molecular flexibility index (Phi) is 3.28. The van der Waals surface area contributed by atoms with Crippen molar-refractivity contribution in [2.75, 3.05) is 5.73 Å². The van der Waals surface area contributed by atoms with E-state index in [9.17, 15) is 0 Å². The first kappa shape index (κ1) is 12.9. The number of rotatable bonds is 2. The third-order valence-electron chi connectivity index (χ3n) is 3.14. The summed E-state index contributed by atoms with van der Waals surface area (Å²) in [6.07, 6.45) is 1.75. The van der Waals surface area contributed by atoms with E-state index >= 15 is 0 Å². The molecular formula is C15H13BrN4. The summed E-state index contributed by atoms with van der Waals surface area (Å²) >= 11 is 3.57. The number of nitrogens with two attached hydrogens (primary N) is 1. The van der Waals surface area contributed by atoms with Crippen LogP contribution >= 0.6 is 15.9 Å². The van der Waals surface area contributed by atoms with Gasteiger partial charge in [-0.15, -0.1) is 0 Å². The summed E-state index contributed by atoms with van der Waals surface area (Å²) < 4.78 is 2.66. The maximum Gasteiger partial charge on any atom is 0.130 e. The van der Waals surface area contributed by atoms with E-state index in [1.165, 1.54) is 0 Å². The molecular weight excluding hydrogens is 316 g/mol. The lowest BCUT2D eigenvalue weighted by atomic mass is 10.0. The van der Waals surface area contributed by atoms with E-state index in [0.29, 0.717) is 5.82 Å². The molecule has 2 heterocycles. The third-order valence-corrected chi connectivity index (χ3v) is 3.83. The Balaban J connectivity index is 2.29. The van der Waals surface area contributed by atoms with Crippen molar-refractivity contribution in [2.45, 2.75) is 0 Å². The van der Waals surface area contributed by atoms with E-state index in [1.807, 2.05) is 49.5 Å². The first-order valence-electron chi connectivity index (χ1n) is 6.17. The zero-order valence-corrected chi connectivity index (χ0v) is 12.5. The van der Waals surface area contributed by atoms with E-state index in [4.69, 9.17) is 5.73 Å². The van der Waals surface area contributed by atoms with Gasteiger partial charge in [0, 0.05) is 23.3 Å². The van der Waals surface area contributed by atoms with Crippen LogP contribution in [0.25, 0.3) is 22.5 Å². The van der Waals surface area contributed by atoms with Crippen molar-refractivity contribution in [2.24, 2.45) is 7.05 Å². The predicted octanol–water partition coefficient (Wildman–Crippen LogP) is 3.49. The summed E-state index contributed by atoms with van der Waals surface area (Å²) in [6, 6.07) is 13.7. The van der Waals surface area contributed by atoms with E-state index < -0.39 is 0 Å². The topological polar surface area (TPSA) is 56.7 Å². The molecule has 20 heavy (non-hydrogen) atoms. The number of hydrogen-bond acceptors (Lipinski definition) is 3. The Bertz CT molecular complexity index is 750. The van der Waals surface area contributed by atoms with Crippen LogP contribution in [0, 0.1) is 0 Å². The molecule has 0 saturated carbocycles. The Morgan fingerprint density at radius 3 is 2.55 bits per heavy atom. The molecule has 0 aliphatic rings. The van der Waals surface area contributed by atoms with E-state index in [2.05, 4.69) is 26.0 Å². The molecule has 0 unspecified atom stereocenters. The molecule has 2 N–H and O–H groups in total. The number of aryl methyl sites for hydroxylation is 1. The van der Waals surface area contributed by atoms with Crippen LogP contribution < -0.4 is 5.73 Å². The summed E-state index contributed by atoms with van der Waals surface area (Å²) in [5.41, 5.74) is 9.71. The molecule has 3 aromatic rings. The van der Waals surface area contributed by atoms with Crippen molar-refractivity contribution in [3.63, 3.8) is 0 Å². The molecule has 0 aliphatic carbocycles. The van der Waals surface area contributed by atoms with E-state index in [1.54, 1.807) is 10.9 Å². The normalized spacial score (nSPS) is 10.7. The fraction of sp³-hybridized carbons (Fsp3) is 0.0667. The molecule has 0 fully saturated rings. The van der Waals surface area contributed by atoms with Gasteiger partial charge in [-0.2, -0.15) is 5.10 Å². The molecule has 0 aliphatic heterocycles. The highest BCUT2D eigenvalue weighted by Crippen LogP contribution is 2.38. The molecule has 0 radical (unpaired) electrons. The predicted molar refractivity (Wildman–Crippen MR) is 84.0 cm³/mol. The minimum absolute atomic E-state index is 0.623. The van der Waals surface area contributed by atoms with Gasteiger partial charge in [0.2, 0.25) is 0 Å². The largest absolute Gasteiger partial charge is 0.383 e. The van der Waals surface area contributed by atoms with Gasteiger partial charge in [-0.3, -0.25) is 9.67 Å². The molecule has 1 aromatic carbocycles. The molecule has 0 saturated heterocycles. The van der Waals surface area contributed by atoms with Crippen LogP contribution in [0.2, 0.25) is 0 Å². The van der Waals surface area contributed by atoms with Gasteiger partial charge >= 0.3 is 0 Å². The Morgan fingerprint density at radius 1 is 1.10 bits per heavy atom. The SMILES string of the molecule is Cn1nc(-c2ccccn2)c(-c2ccccc2Br)c1N. The highest BCUT2D eigenvalue weighted by atomic mass is 79.9. The molecule has 0 bridgehead atoms. The van der Waals surface area contributed by atoms with Crippen LogP contribution in [-0.2, 0) is 7.05 Å². The molecule has 4 nitrogen and oxygen atoms in total. The summed E-state index contributed by atoms with van der Waals surface area (Å²) in [5.74, 6) is 0.623. The number of hydrogen-bond donors (Lipinski definition) is 1. The average Bonchev–Trinajstić information content (AvgIpc) is 2.77. The second kappa shape index (κ2) is 5.09. The van der Waals surface area contributed by atoms with Gasteiger partial charge in [0.25, 0.3) is 0 Å². The van der Waals surface area contributed by atoms with Crippen LogP contribution in [0.5, 0.6) is 0 Å². The number of nitrogen functional groups attached to an aromatic ring is 1. The van der Waals surface area contributed by atoms with Crippen LogP contribution in [0.15, 0.2) is 53.1 Å². The summed E-state index contributed by atoms with van der Waals surface area (Å²) in [5, 5.41) is 4.51. The van der Waals surface area contributed by atoms with Gasteiger partial charge in [0.15, 0.2) is 0 Å². The van der Waals surface area contributed by atoms with Gasteiger partial charge in [-0.05, 0) is 18.2 Å². The molecule has 0 amide bonds. The number of benzene rings is 1. The maximum absolute atomic E-state index is 6.19. The minimum Gasteiger partial charge on any atom is -0.383 e. The van der Waals surface area contributed by atoms with Crippen molar-refractivity contribution < 1.29 is 0 Å². The lowest BCUT2D eigenvalue weighted by molar-refractivity contribution is 0.781. The lowest BCUT2D eigenvalue weighted by Gasteiger charge is -2.06. The Hall–Kier alpha value is -2.14. The highest BCUT2D eigenvalue weighted by molar-refractivity contribution is 9.10. The van der Waals surface area contributed by atoms with Crippen LogP contribution in [-0.4, -0.2) is 14.8 Å². The second-order valence-electron chi connectivity index (χ2n) is 4.43. The van der Waals surface area contributed by atoms with Crippen molar-refractivity contribution >= 4 is 21.7 Å². The lowest BCUT2D eigenvalue weighted by Crippen LogP contribution is -1.98. The second-order valence-corrected chi connectivity index (χ2v) is 5.28. The monoisotopic (exact) mass is 328 g/mol. The Labute approximate surface area is 125 Å². The van der Waals surface area contributed by atoms with Gasteiger partial charge < -0.3 is 5.73 Å². The summed E-state index contributed by atoms with van der Waals surface area (Å²) in [4.78, 5) is 4.37. The van der Waals surface area contributed by atoms with Crippen molar-refractivity contribution in [3.8, 4) is 22.5 Å². The van der Waals surface area contributed by atoms with Crippen molar-refractivity contribution in [1.29, 1.82) is 0 Å². The van der Waals surface area contributed by atoms with Gasteiger partial charge in [-0.25, -0.2) is 0 Å². The smallest absolute Gasteiger partial charge is 0.130 e. The highest BCUT2D eigenvalue weighted by Gasteiger charge is 2.19. The summed E-state index contributed by atoms with van der Waals surface area (Å²) in [6.45, 7) is 0. The first-order valence-corrected chi connectivity index (χ1v) is 6.96. The first-order chi connectivity index (χ1) is 9.68. The average molecular weight is 329 g/mol.